The molecule has 2 rings (SSSR count). The van der Waals surface area contributed by atoms with Gasteiger partial charge in [0.05, 0.1) is 4.47 Å². The Kier molecular flexibility index (Phi) is 4.21. The van der Waals surface area contributed by atoms with E-state index in [2.05, 4.69) is 35.1 Å². The molecule has 1 aliphatic rings. The first kappa shape index (κ1) is 13.0. The van der Waals surface area contributed by atoms with Gasteiger partial charge in [-0.05, 0) is 64.8 Å². The lowest BCUT2D eigenvalue weighted by molar-refractivity contribution is 0.462. The van der Waals surface area contributed by atoms with Crippen LogP contribution in [0.2, 0.25) is 0 Å². The van der Waals surface area contributed by atoms with Gasteiger partial charge in [0.2, 0.25) is 0 Å². The topological polar surface area (TPSA) is 12.0 Å². The molecule has 0 spiro atoms. The minimum Gasteiger partial charge on any atom is -0.310 e. The van der Waals surface area contributed by atoms with Crippen molar-refractivity contribution in [3.05, 3.63) is 34.1 Å². The summed E-state index contributed by atoms with van der Waals surface area (Å²) in [6, 6.07) is 5.74. The summed E-state index contributed by atoms with van der Waals surface area (Å²) in [4.78, 5) is 0. The van der Waals surface area contributed by atoms with Crippen LogP contribution < -0.4 is 5.32 Å². The number of nitrogens with one attached hydrogen (secondary N) is 1. The number of hydrogen-bond acceptors (Lipinski definition) is 1. The van der Waals surface area contributed by atoms with E-state index in [0.717, 1.165) is 18.9 Å². The van der Waals surface area contributed by atoms with Crippen LogP contribution in [-0.4, -0.2) is 6.54 Å². The largest absolute Gasteiger partial charge is 0.310 e. The van der Waals surface area contributed by atoms with Crippen LogP contribution in [-0.2, 0) is 0 Å². The van der Waals surface area contributed by atoms with Crippen molar-refractivity contribution in [2.24, 2.45) is 11.8 Å². The second kappa shape index (κ2) is 5.49. The standard InChI is InChI=1S/C14H19BrFN/c1-3-6-17-14(11-7-9(11)2)10-4-5-13(16)12(15)8-10/h4-5,8-9,11,14,17H,3,6-7H2,1-2H3. The van der Waals surface area contributed by atoms with Crippen molar-refractivity contribution >= 4 is 15.9 Å². The first-order valence-corrected chi connectivity index (χ1v) is 7.11. The van der Waals surface area contributed by atoms with E-state index < -0.39 is 0 Å². The van der Waals surface area contributed by atoms with E-state index in [0.29, 0.717) is 16.4 Å². The van der Waals surface area contributed by atoms with Crippen molar-refractivity contribution in [2.45, 2.75) is 32.7 Å². The molecule has 1 nitrogen and oxygen atoms in total. The Labute approximate surface area is 111 Å². The maximum atomic E-state index is 13.2. The molecule has 3 unspecified atom stereocenters. The average Bonchev–Trinajstić information content (AvgIpc) is 3.01. The van der Waals surface area contributed by atoms with Gasteiger partial charge in [0.15, 0.2) is 0 Å². The molecule has 0 heterocycles. The smallest absolute Gasteiger partial charge is 0.137 e. The summed E-state index contributed by atoms with van der Waals surface area (Å²) in [6.45, 7) is 5.47. The fourth-order valence-electron chi connectivity index (χ4n) is 2.34. The van der Waals surface area contributed by atoms with Crippen molar-refractivity contribution in [3.63, 3.8) is 0 Å². The fourth-order valence-corrected chi connectivity index (χ4v) is 2.73. The van der Waals surface area contributed by atoms with Gasteiger partial charge in [0.25, 0.3) is 0 Å². The lowest BCUT2D eigenvalue weighted by atomic mass is 10.0. The van der Waals surface area contributed by atoms with Crippen LogP contribution >= 0.6 is 15.9 Å². The first-order valence-electron chi connectivity index (χ1n) is 6.31. The molecule has 0 saturated heterocycles. The van der Waals surface area contributed by atoms with Gasteiger partial charge in [0, 0.05) is 6.04 Å². The molecule has 1 aliphatic carbocycles. The van der Waals surface area contributed by atoms with E-state index in [-0.39, 0.29) is 5.82 Å². The highest BCUT2D eigenvalue weighted by atomic mass is 79.9. The predicted octanol–water partition coefficient (Wildman–Crippen LogP) is 4.28. The van der Waals surface area contributed by atoms with Crippen molar-refractivity contribution in [3.8, 4) is 0 Å². The molecule has 1 fully saturated rings. The van der Waals surface area contributed by atoms with Crippen LogP contribution in [0.1, 0.15) is 38.3 Å². The molecule has 17 heavy (non-hydrogen) atoms. The number of benzene rings is 1. The SMILES string of the molecule is CCCNC(c1ccc(F)c(Br)c1)C1CC1C. The molecular weight excluding hydrogens is 281 g/mol. The summed E-state index contributed by atoms with van der Waals surface area (Å²) in [5, 5.41) is 3.58. The van der Waals surface area contributed by atoms with E-state index in [9.17, 15) is 4.39 Å². The predicted molar refractivity (Wildman–Crippen MR) is 72.4 cm³/mol. The van der Waals surface area contributed by atoms with Gasteiger partial charge < -0.3 is 5.32 Å². The summed E-state index contributed by atoms with van der Waals surface area (Å²) >= 11 is 3.26. The maximum absolute atomic E-state index is 13.2. The van der Waals surface area contributed by atoms with Crippen LogP contribution in [0.5, 0.6) is 0 Å². The van der Waals surface area contributed by atoms with Crippen LogP contribution in [0.3, 0.4) is 0 Å². The summed E-state index contributed by atoms with van der Waals surface area (Å²) < 4.78 is 13.8. The molecule has 0 radical (unpaired) electrons. The molecule has 1 saturated carbocycles. The Bertz CT molecular complexity index is 394. The Balaban J connectivity index is 2.16. The van der Waals surface area contributed by atoms with Gasteiger partial charge in [-0.2, -0.15) is 0 Å². The summed E-state index contributed by atoms with van der Waals surface area (Å²) in [7, 11) is 0. The van der Waals surface area contributed by atoms with Gasteiger partial charge in [-0.25, -0.2) is 4.39 Å². The summed E-state index contributed by atoms with van der Waals surface area (Å²) in [5.74, 6) is 1.30. The van der Waals surface area contributed by atoms with Crippen molar-refractivity contribution < 1.29 is 4.39 Å². The van der Waals surface area contributed by atoms with E-state index >= 15 is 0 Å². The van der Waals surface area contributed by atoms with Crippen molar-refractivity contribution in [1.82, 2.24) is 5.32 Å². The van der Waals surface area contributed by atoms with E-state index in [1.54, 1.807) is 6.07 Å². The molecule has 94 valence electrons. The number of rotatable bonds is 5. The lowest BCUT2D eigenvalue weighted by Crippen LogP contribution is -2.24. The van der Waals surface area contributed by atoms with Crippen molar-refractivity contribution in [2.75, 3.05) is 6.54 Å². The minimum absolute atomic E-state index is 0.188. The maximum Gasteiger partial charge on any atom is 0.137 e. The summed E-state index contributed by atoms with van der Waals surface area (Å²) in [6.07, 6.45) is 2.40. The van der Waals surface area contributed by atoms with Gasteiger partial charge in [-0.15, -0.1) is 0 Å². The van der Waals surface area contributed by atoms with E-state index in [1.807, 2.05) is 12.1 Å². The highest BCUT2D eigenvalue weighted by Crippen LogP contribution is 2.47. The quantitative estimate of drug-likeness (QED) is 0.855. The van der Waals surface area contributed by atoms with Gasteiger partial charge in [-0.3, -0.25) is 0 Å². The third kappa shape index (κ3) is 3.08. The normalized spacial score (nSPS) is 24.7. The number of halogens is 2. The van der Waals surface area contributed by atoms with Crippen LogP contribution in [0, 0.1) is 17.7 Å². The molecule has 3 atom stereocenters. The Morgan fingerprint density at radius 1 is 1.53 bits per heavy atom. The zero-order valence-electron chi connectivity index (χ0n) is 10.3. The molecule has 1 aromatic carbocycles. The Hall–Kier alpha value is -0.410. The molecule has 0 aliphatic heterocycles. The minimum atomic E-state index is -0.188. The van der Waals surface area contributed by atoms with Gasteiger partial charge >= 0.3 is 0 Å². The van der Waals surface area contributed by atoms with E-state index in [1.165, 1.54) is 12.0 Å². The van der Waals surface area contributed by atoms with Gasteiger partial charge in [0.1, 0.15) is 5.82 Å². The van der Waals surface area contributed by atoms with E-state index in [4.69, 9.17) is 0 Å². The zero-order chi connectivity index (χ0) is 12.4. The number of hydrogen-bond donors (Lipinski definition) is 1. The second-order valence-electron chi connectivity index (χ2n) is 4.98. The Morgan fingerprint density at radius 3 is 2.76 bits per heavy atom. The summed E-state index contributed by atoms with van der Waals surface area (Å²) in [5.41, 5.74) is 1.20. The monoisotopic (exact) mass is 299 g/mol. The van der Waals surface area contributed by atoms with Crippen LogP contribution in [0.4, 0.5) is 4.39 Å². The van der Waals surface area contributed by atoms with Crippen LogP contribution in [0.15, 0.2) is 22.7 Å². The third-order valence-corrected chi connectivity index (χ3v) is 4.12. The second-order valence-corrected chi connectivity index (χ2v) is 5.84. The highest BCUT2D eigenvalue weighted by molar-refractivity contribution is 9.10. The molecular formula is C14H19BrFN. The Morgan fingerprint density at radius 2 is 2.24 bits per heavy atom. The molecule has 0 aromatic heterocycles. The molecule has 0 bridgehead atoms. The molecule has 0 amide bonds. The third-order valence-electron chi connectivity index (χ3n) is 3.52. The highest BCUT2D eigenvalue weighted by Gasteiger charge is 2.39. The van der Waals surface area contributed by atoms with Crippen molar-refractivity contribution in [1.29, 1.82) is 0 Å². The lowest BCUT2D eigenvalue weighted by Gasteiger charge is -2.19. The van der Waals surface area contributed by atoms with Gasteiger partial charge in [-0.1, -0.05) is 19.9 Å². The van der Waals surface area contributed by atoms with Crippen LogP contribution in [0.25, 0.3) is 0 Å². The molecule has 1 N–H and O–H groups in total. The molecule has 3 heteroatoms. The first-order chi connectivity index (χ1) is 8.13. The average molecular weight is 300 g/mol. The fraction of sp³-hybridized carbons (Fsp3) is 0.571. The molecule has 1 aromatic rings. The zero-order valence-corrected chi connectivity index (χ0v) is 11.9.